The van der Waals surface area contributed by atoms with Gasteiger partial charge in [0.1, 0.15) is 5.75 Å². The number of nitro groups is 1. The Morgan fingerprint density at radius 3 is 2.57 bits per heavy atom. The highest BCUT2D eigenvalue weighted by Crippen LogP contribution is 2.28. The number of piperidine rings is 1. The molecule has 0 aromatic heterocycles. The average molecular weight is 294 g/mol. The summed E-state index contributed by atoms with van der Waals surface area (Å²) in [6.07, 6.45) is 1.02. The van der Waals surface area contributed by atoms with Gasteiger partial charge in [0.2, 0.25) is 0 Å². The first-order valence-corrected chi connectivity index (χ1v) is 6.68. The van der Waals surface area contributed by atoms with Crippen LogP contribution in [0.5, 0.6) is 5.75 Å². The van der Waals surface area contributed by atoms with Crippen LogP contribution in [0, 0.1) is 10.1 Å². The molecule has 1 aliphatic heterocycles. The summed E-state index contributed by atoms with van der Waals surface area (Å²) in [4.78, 5) is 24.3. The van der Waals surface area contributed by atoms with E-state index in [2.05, 4.69) is 0 Å². The van der Waals surface area contributed by atoms with Gasteiger partial charge in [-0.3, -0.25) is 14.9 Å². The number of hydrogen-bond acceptors (Lipinski definition) is 5. The largest absolute Gasteiger partial charge is 0.496 e. The van der Waals surface area contributed by atoms with Crippen LogP contribution in [0.15, 0.2) is 18.2 Å². The van der Waals surface area contributed by atoms with E-state index in [0.29, 0.717) is 31.5 Å². The lowest BCUT2D eigenvalue weighted by Crippen LogP contribution is -2.45. The highest BCUT2D eigenvalue weighted by molar-refractivity contribution is 5.97. The van der Waals surface area contributed by atoms with Crippen LogP contribution in [-0.4, -0.2) is 46.6 Å². The minimum absolute atomic E-state index is 0.120. The van der Waals surface area contributed by atoms with E-state index < -0.39 is 10.5 Å². The van der Waals surface area contributed by atoms with Crippen LogP contribution in [0.3, 0.4) is 0 Å². The number of likely N-dealkylation sites (tertiary alicyclic amines) is 1. The van der Waals surface area contributed by atoms with E-state index in [-0.39, 0.29) is 17.3 Å². The van der Waals surface area contributed by atoms with Crippen molar-refractivity contribution in [3.05, 3.63) is 33.9 Å². The number of nitrogens with zero attached hydrogens (tertiary/aromatic N) is 2. The topological polar surface area (TPSA) is 92.9 Å². The van der Waals surface area contributed by atoms with Gasteiger partial charge in [0.15, 0.2) is 0 Å². The molecule has 0 spiro atoms. The van der Waals surface area contributed by atoms with Gasteiger partial charge >= 0.3 is 0 Å². The maximum atomic E-state index is 12.5. The van der Waals surface area contributed by atoms with Crippen molar-refractivity contribution in [1.82, 2.24) is 4.90 Å². The monoisotopic (exact) mass is 294 g/mol. The number of benzene rings is 1. The number of amides is 1. The van der Waals surface area contributed by atoms with Gasteiger partial charge in [0, 0.05) is 19.2 Å². The predicted octanol–water partition coefficient (Wildman–Crippen LogP) is 1.59. The highest BCUT2D eigenvalue weighted by atomic mass is 16.6. The molecule has 1 amide bonds. The molecule has 0 radical (unpaired) electrons. The SMILES string of the molecule is COc1cc([N+](=O)[O-])ccc1C(=O)N1CCC(C)(O)CC1. The first-order valence-electron chi connectivity index (χ1n) is 6.68. The second-order valence-corrected chi connectivity index (χ2v) is 5.43. The average Bonchev–Trinajstić information content (AvgIpc) is 2.45. The van der Waals surface area contributed by atoms with Crippen molar-refractivity contribution < 1.29 is 19.6 Å². The molecule has 0 atom stereocenters. The summed E-state index contributed by atoms with van der Waals surface area (Å²) in [5, 5.41) is 20.7. The maximum absolute atomic E-state index is 12.5. The fourth-order valence-corrected chi connectivity index (χ4v) is 2.33. The molecule has 1 heterocycles. The van der Waals surface area contributed by atoms with E-state index in [4.69, 9.17) is 4.74 Å². The Bertz CT molecular complexity index is 560. The molecule has 7 nitrogen and oxygen atoms in total. The van der Waals surface area contributed by atoms with Crippen LogP contribution in [0.4, 0.5) is 5.69 Å². The van der Waals surface area contributed by atoms with Gasteiger partial charge in [0.05, 0.1) is 29.3 Å². The second-order valence-electron chi connectivity index (χ2n) is 5.43. The number of aliphatic hydroxyl groups is 1. The molecule has 1 aromatic carbocycles. The van der Waals surface area contributed by atoms with Crippen molar-refractivity contribution in [2.45, 2.75) is 25.4 Å². The Kier molecular flexibility index (Phi) is 4.13. The summed E-state index contributed by atoms with van der Waals surface area (Å²) < 4.78 is 5.09. The molecular weight excluding hydrogens is 276 g/mol. The molecule has 0 bridgehead atoms. The summed E-state index contributed by atoms with van der Waals surface area (Å²) in [7, 11) is 1.37. The van der Waals surface area contributed by atoms with E-state index in [1.54, 1.807) is 11.8 Å². The number of nitro benzene ring substituents is 1. The third-order valence-electron chi connectivity index (χ3n) is 3.75. The molecule has 0 unspecified atom stereocenters. The Labute approximate surface area is 122 Å². The van der Waals surface area contributed by atoms with Gasteiger partial charge in [0.25, 0.3) is 11.6 Å². The van der Waals surface area contributed by atoms with Crippen LogP contribution >= 0.6 is 0 Å². The van der Waals surface area contributed by atoms with Gasteiger partial charge < -0.3 is 14.7 Å². The molecule has 114 valence electrons. The third-order valence-corrected chi connectivity index (χ3v) is 3.75. The molecule has 0 aliphatic carbocycles. The van der Waals surface area contributed by atoms with E-state index in [1.807, 2.05) is 0 Å². The molecule has 1 N–H and O–H groups in total. The molecule has 1 fully saturated rings. The fraction of sp³-hybridized carbons (Fsp3) is 0.500. The van der Waals surface area contributed by atoms with Crippen molar-refractivity contribution in [3.63, 3.8) is 0 Å². The van der Waals surface area contributed by atoms with Crippen LogP contribution in [0.25, 0.3) is 0 Å². The van der Waals surface area contributed by atoms with Gasteiger partial charge in [-0.1, -0.05) is 0 Å². The second kappa shape index (κ2) is 5.69. The van der Waals surface area contributed by atoms with Crippen LogP contribution in [0.1, 0.15) is 30.1 Å². The van der Waals surface area contributed by atoms with E-state index in [0.717, 1.165) is 0 Å². The Morgan fingerprint density at radius 2 is 2.05 bits per heavy atom. The zero-order valence-corrected chi connectivity index (χ0v) is 12.0. The minimum Gasteiger partial charge on any atom is -0.496 e. The maximum Gasteiger partial charge on any atom is 0.273 e. The lowest BCUT2D eigenvalue weighted by Gasteiger charge is -2.35. The Morgan fingerprint density at radius 1 is 1.43 bits per heavy atom. The molecule has 7 heteroatoms. The molecule has 21 heavy (non-hydrogen) atoms. The number of carbonyl (C=O) groups excluding carboxylic acids is 1. The zero-order chi connectivity index (χ0) is 15.6. The highest BCUT2D eigenvalue weighted by Gasteiger charge is 2.31. The predicted molar refractivity (Wildman–Crippen MR) is 75.4 cm³/mol. The quantitative estimate of drug-likeness (QED) is 0.675. The van der Waals surface area contributed by atoms with Crippen molar-refractivity contribution in [2.75, 3.05) is 20.2 Å². The first-order chi connectivity index (χ1) is 9.84. The van der Waals surface area contributed by atoms with E-state index >= 15 is 0 Å². The van der Waals surface area contributed by atoms with Gasteiger partial charge in [-0.15, -0.1) is 0 Å². The normalized spacial score (nSPS) is 17.4. The number of ether oxygens (including phenoxy) is 1. The number of rotatable bonds is 3. The number of hydrogen-bond donors (Lipinski definition) is 1. The summed E-state index contributed by atoms with van der Waals surface area (Å²) >= 11 is 0. The molecule has 1 aromatic rings. The van der Waals surface area contributed by atoms with Crippen molar-refractivity contribution in [1.29, 1.82) is 0 Å². The number of carbonyl (C=O) groups is 1. The third kappa shape index (κ3) is 3.30. The lowest BCUT2D eigenvalue weighted by molar-refractivity contribution is -0.384. The lowest BCUT2D eigenvalue weighted by atomic mass is 9.93. The van der Waals surface area contributed by atoms with Crippen molar-refractivity contribution in [3.8, 4) is 5.75 Å². The fourth-order valence-electron chi connectivity index (χ4n) is 2.33. The summed E-state index contributed by atoms with van der Waals surface area (Å²) in [5.41, 5.74) is -0.564. The molecule has 0 saturated carbocycles. The van der Waals surface area contributed by atoms with Crippen molar-refractivity contribution in [2.24, 2.45) is 0 Å². The number of methoxy groups -OCH3 is 1. The minimum atomic E-state index is -0.740. The Balaban J connectivity index is 2.21. The standard InChI is InChI=1S/C14H18N2O5/c1-14(18)5-7-15(8-6-14)13(17)11-4-3-10(16(19)20)9-12(11)21-2/h3-4,9,18H,5-8H2,1-2H3. The summed E-state index contributed by atoms with van der Waals surface area (Å²) in [6.45, 7) is 2.65. The van der Waals surface area contributed by atoms with Crippen LogP contribution in [0.2, 0.25) is 0 Å². The summed E-state index contributed by atoms with van der Waals surface area (Å²) in [6, 6.07) is 3.94. The van der Waals surface area contributed by atoms with E-state index in [1.165, 1.54) is 25.3 Å². The molecule has 1 aliphatic rings. The van der Waals surface area contributed by atoms with Crippen molar-refractivity contribution >= 4 is 11.6 Å². The Hall–Kier alpha value is -2.15. The molecule has 2 rings (SSSR count). The van der Waals surface area contributed by atoms with Crippen LogP contribution < -0.4 is 4.74 Å². The summed E-state index contributed by atoms with van der Waals surface area (Å²) in [5.74, 6) is -0.0521. The van der Waals surface area contributed by atoms with Gasteiger partial charge in [-0.05, 0) is 25.8 Å². The molecule has 1 saturated heterocycles. The van der Waals surface area contributed by atoms with Crippen LogP contribution in [-0.2, 0) is 0 Å². The molecular formula is C14H18N2O5. The van der Waals surface area contributed by atoms with E-state index in [9.17, 15) is 20.0 Å². The van der Waals surface area contributed by atoms with Gasteiger partial charge in [-0.25, -0.2) is 0 Å². The smallest absolute Gasteiger partial charge is 0.273 e. The zero-order valence-electron chi connectivity index (χ0n) is 12.0. The number of non-ortho nitro benzene ring substituents is 1. The van der Waals surface area contributed by atoms with Gasteiger partial charge in [-0.2, -0.15) is 0 Å². The first kappa shape index (κ1) is 15.2.